The van der Waals surface area contributed by atoms with Gasteiger partial charge >= 0.3 is 5.92 Å². The van der Waals surface area contributed by atoms with Gasteiger partial charge in [-0.05, 0) is 6.42 Å². The quantitative estimate of drug-likeness (QED) is 0.754. The molecule has 1 fully saturated rings. The third kappa shape index (κ3) is 2.37. The number of aromatic amines is 1. The number of aliphatic hydroxyl groups is 1. The highest BCUT2D eigenvalue weighted by atomic mass is 19.3. The van der Waals surface area contributed by atoms with E-state index in [4.69, 9.17) is 0 Å². The molecule has 0 spiro atoms. The second-order valence-corrected chi connectivity index (χ2v) is 5.70. The van der Waals surface area contributed by atoms with Gasteiger partial charge < -0.3 is 10.0 Å². The first kappa shape index (κ1) is 14.9. The summed E-state index contributed by atoms with van der Waals surface area (Å²) in [5, 5.41) is 19.9. The number of hydrogen-bond acceptors (Lipinski definition) is 6. The van der Waals surface area contributed by atoms with Gasteiger partial charge in [0.1, 0.15) is 0 Å². The van der Waals surface area contributed by atoms with Gasteiger partial charge in [0.15, 0.2) is 11.3 Å². The van der Waals surface area contributed by atoms with Crippen LogP contribution in [0.15, 0.2) is 30.3 Å². The Labute approximate surface area is 135 Å². The minimum atomic E-state index is -3.36. The summed E-state index contributed by atoms with van der Waals surface area (Å²) in [5.41, 5.74) is 0.198. The predicted molar refractivity (Wildman–Crippen MR) is 81.8 cm³/mol. The zero-order valence-electron chi connectivity index (χ0n) is 12.5. The normalized spacial score (nSPS) is 18.5. The molecule has 24 heavy (non-hydrogen) atoms. The zero-order chi connectivity index (χ0) is 16.7. The number of hydrogen-bond donors (Lipinski definition) is 2. The lowest BCUT2D eigenvalue weighted by Crippen LogP contribution is -2.26. The molecule has 3 aromatic rings. The molecule has 3 heterocycles. The first-order valence-electron chi connectivity index (χ1n) is 7.51. The maximum Gasteiger partial charge on any atom is 0.331 e. The van der Waals surface area contributed by atoms with E-state index in [0.29, 0.717) is 25.0 Å². The summed E-state index contributed by atoms with van der Waals surface area (Å²) in [4.78, 5) is 9.67. The highest BCUT2D eigenvalue weighted by Crippen LogP contribution is 2.35. The second kappa shape index (κ2) is 5.45. The Kier molecular flexibility index (Phi) is 3.38. The number of fused-ring (bicyclic) bond motifs is 1. The summed E-state index contributed by atoms with van der Waals surface area (Å²) in [7, 11) is 0. The predicted octanol–water partition coefficient (Wildman–Crippen LogP) is 1.46. The highest BCUT2D eigenvalue weighted by molar-refractivity contribution is 5.82. The Hall–Kier alpha value is -2.68. The first-order valence-corrected chi connectivity index (χ1v) is 7.51. The number of benzene rings is 1. The summed E-state index contributed by atoms with van der Waals surface area (Å²) < 4.78 is 29.6. The van der Waals surface area contributed by atoms with Crippen molar-refractivity contribution >= 4 is 17.0 Å². The highest BCUT2D eigenvalue weighted by Gasteiger charge is 2.39. The number of aliphatic hydroxyl groups excluding tert-OH is 1. The van der Waals surface area contributed by atoms with Crippen molar-refractivity contribution in [3.8, 4) is 0 Å². The fraction of sp³-hybridized carbons (Fsp3) is 0.333. The Morgan fingerprint density at radius 1 is 1.17 bits per heavy atom. The van der Waals surface area contributed by atoms with Crippen LogP contribution in [-0.2, 0) is 5.92 Å². The van der Waals surface area contributed by atoms with Gasteiger partial charge in [0.2, 0.25) is 11.5 Å². The van der Waals surface area contributed by atoms with Crippen LogP contribution in [-0.4, -0.2) is 49.7 Å². The SMILES string of the molecule is O[C@H]1CCN(c2nc(C(F)(F)c3ccccc3)nc3n[nH]nc23)C1. The minimum Gasteiger partial charge on any atom is -0.391 e. The van der Waals surface area contributed by atoms with Crippen molar-refractivity contribution in [3.05, 3.63) is 41.7 Å². The molecule has 4 rings (SSSR count). The van der Waals surface area contributed by atoms with Gasteiger partial charge in [-0.2, -0.15) is 19.1 Å². The lowest BCUT2D eigenvalue weighted by molar-refractivity contribution is 0.0332. The van der Waals surface area contributed by atoms with Crippen molar-refractivity contribution in [1.29, 1.82) is 0 Å². The molecule has 0 amide bonds. The molecule has 0 unspecified atom stereocenters. The maximum atomic E-state index is 14.8. The Morgan fingerprint density at radius 2 is 1.96 bits per heavy atom. The number of nitrogens with one attached hydrogen (secondary N) is 1. The molecule has 0 aliphatic carbocycles. The van der Waals surface area contributed by atoms with Gasteiger partial charge in [-0.15, -0.1) is 5.10 Å². The third-order valence-electron chi connectivity index (χ3n) is 4.05. The third-order valence-corrected chi connectivity index (χ3v) is 4.05. The molecule has 1 aliphatic heterocycles. The molecule has 1 saturated heterocycles. The Balaban J connectivity index is 1.85. The van der Waals surface area contributed by atoms with Crippen molar-refractivity contribution in [2.45, 2.75) is 18.4 Å². The standard InChI is InChI=1S/C15H14F2N6O/c16-15(17,9-4-2-1-3-5-9)14-18-12-11(20-22-21-12)13(19-14)23-7-6-10(24)8-23/h1-5,10,24H,6-8H2,(H,18,19,20,21,22)/t10-/m0/s1. The molecular weight excluding hydrogens is 318 g/mol. The van der Waals surface area contributed by atoms with E-state index in [1.54, 1.807) is 11.0 Å². The second-order valence-electron chi connectivity index (χ2n) is 5.70. The Morgan fingerprint density at radius 3 is 2.67 bits per heavy atom. The summed E-state index contributed by atoms with van der Waals surface area (Å²) in [6.07, 6.45) is 0.0355. The monoisotopic (exact) mass is 332 g/mol. The van der Waals surface area contributed by atoms with E-state index in [1.807, 2.05) is 0 Å². The van der Waals surface area contributed by atoms with Crippen LogP contribution >= 0.6 is 0 Å². The summed E-state index contributed by atoms with van der Waals surface area (Å²) in [5.74, 6) is -3.73. The number of rotatable bonds is 3. The number of alkyl halides is 2. The zero-order valence-corrected chi connectivity index (χ0v) is 12.5. The molecule has 9 heteroatoms. The molecule has 0 radical (unpaired) electrons. The Bertz CT molecular complexity index is 869. The summed E-state index contributed by atoms with van der Waals surface area (Å²) in [6, 6.07) is 7.40. The van der Waals surface area contributed by atoms with E-state index in [9.17, 15) is 13.9 Å². The summed E-state index contributed by atoms with van der Waals surface area (Å²) >= 11 is 0. The topological polar surface area (TPSA) is 90.8 Å². The lowest BCUT2D eigenvalue weighted by atomic mass is 10.1. The number of H-pyrrole nitrogens is 1. The van der Waals surface area contributed by atoms with Crippen LogP contribution in [0.1, 0.15) is 17.8 Å². The minimum absolute atomic E-state index is 0.0759. The largest absolute Gasteiger partial charge is 0.391 e. The number of halogens is 2. The molecular formula is C15H14F2N6O. The van der Waals surface area contributed by atoms with E-state index >= 15 is 0 Å². The fourth-order valence-electron chi connectivity index (χ4n) is 2.80. The van der Waals surface area contributed by atoms with E-state index in [0.717, 1.165) is 0 Å². The van der Waals surface area contributed by atoms with Crippen molar-refractivity contribution < 1.29 is 13.9 Å². The summed E-state index contributed by atoms with van der Waals surface area (Å²) in [6.45, 7) is 0.825. The molecule has 2 aromatic heterocycles. The van der Waals surface area contributed by atoms with Gasteiger partial charge in [-0.1, -0.05) is 30.3 Å². The number of anilines is 1. The van der Waals surface area contributed by atoms with Crippen LogP contribution in [0.2, 0.25) is 0 Å². The van der Waals surface area contributed by atoms with Crippen molar-refractivity contribution in [3.63, 3.8) is 0 Å². The van der Waals surface area contributed by atoms with E-state index < -0.39 is 17.9 Å². The molecule has 2 N–H and O–H groups in total. The van der Waals surface area contributed by atoms with Crippen LogP contribution in [0.3, 0.4) is 0 Å². The van der Waals surface area contributed by atoms with Crippen molar-refractivity contribution in [2.24, 2.45) is 0 Å². The van der Waals surface area contributed by atoms with Gasteiger partial charge in [-0.3, -0.25) is 0 Å². The van der Waals surface area contributed by atoms with Gasteiger partial charge in [0.05, 0.1) is 6.10 Å². The van der Waals surface area contributed by atoms with E-state index in [2.05, 4.69) is 25.4 Å². The molecule has 7 nitrogen and oxygen atoms in total. The van der Waals surface area contributed by atoms with Gasteiger partial charge in [0.25, 0.3) is 0 Å². The van der Waals surface area contributed by atoms with Crippen molar-refractivity contribution in [2.75, 3.05) is 18.0 Å². The molecule has 124 valence electrons. The van der Waals surface area contributed by atoms with Crippen LogP contribution in [0.5, 0.6) is 0 Å². The molecule has 1 aliphatic rings. The fourth-order valence-corrected chi connectivity index (χ4v) is 2.80. The maximum absolute atomic E-state index is 14.8. The number of aromatic nitrogens is 5. The number of nitrogens with zero attached hydrogens (tertiary/aromatic N) is 5. The van der Waals surface area contributed by atoms with Crippen molar-refractivity contribution in [1.82, 2.24) is 25.4 Å². The van der Waals surface area contributed by atoms with E-state index in [1.165, 1.54) is 24.3 Å². The molecule has 0 saturated carbocycles. The molecule has 1 atom stereocenters. The van der Waals surface area contributed by atoms with E-state index in [-0.39, 0.29) is 17.0 Å². The number of β-amino-alcohol motifs (C(OH)–C–C–N with tert-alkyl or cyclic N) is 1. The smallest absolute Gasteiger partial charge is 0.331 e. The average molecular weight is 332 g/mol. The average Bonchev–Trinajstić information content (AvgIpc) is 3.23. The van der Waals surface area contributed by atoms with Crippen LogP contribution in [0.25, 0.3) is 11.2 Å². The van der Waals surface area contributed by atoms with Crippen LogP contribution < -0.4 is 4.90 Å². The van der Waals surface area contributed by atoms with Gasteiger partial charge in [0, 0.05) is 18.7 Å². The lowest BCUT2D eigenvalue weighted by Gasteiger charge is -2.20. The van der Waals surface area contributed by atoms with Gasteiger partial charge in [-0.25, -0.2) is 9.97 Å². The van der Waals surface area contributed by atoms with Crippen LogP contribution in [0, 0.1) is 0 Å². The molecule has 0 bridgehead atoms. The first-order chi connectivity index (χ1) is 11.6. The van der Waals surface area contributed by atoms with Crippen LogP contribution in [0.4, 0.5) is 14.6 Å². The molecule has 1 aromatic carbocycles.